The summed E-state index contributed by atoms with van der Waals surface area (Å²) in [7, 11) is 0. The molecule has 4 N–H and O–H groups in total. The van der Waals surface area contributed by atoms with Crippen molar-refractivity contribution >= 4 is 22.1 Å². The molecule has 2 aromatic carbocycles. The van der Waals surface area contributed by atoms with Crippen LogP contribution in [0.1, 0.15) is 37.3 Å². The van der Waals surface area contributed by atoms with E-state index in [2.05, 4.69) is 55.9 Å². The smallest absolute Gasteiger partial charge is 0.137 e. The highest BCUT2D eigenvalue weighted by atomic mass is 15.0. The molecule has 2 atom stereocenters. The first kappa shape index (κ1) is 18.6. The number of hydrogen-bond acceptors (Lipinski definition) is 4. The van der Waals surface area contributed by atoms with Crippen molar-refractivity contribution in [2.45, 2.75) is 25.7 Å². The standard InChI is InChI=1S/C24H22N8/c1-13(21-29-17-5-3-15(11-19(17)31-21)23-25-7-8-26-23)14(2)22-30-18-6-4-16(12-20(18)32-22)24-27-9-10-28-24/h3-14H,1-2H3,(H,25,26)(H,27,28)(H,29,31)(H,30,32). The summed E-state index contributed by atoms with van der Waals surface area (Å²) in [5.74, 6) is 3.89. The first-order valence-electron chi connectivity index (χ1n) is 10.6. The third-order valence-corrected chi connectivity index (χ3v) is 6.16. The number of benzene rings is 2. The van der Waals surface area contributed by atoms with E-state index in [-0.39, 0.29) is 11.8 Å². The maximum Gasteiger partial charge on any atom is 0.137 e. The SMILES string of the molecule is CC(c1nc2ccc(-c3ncc[nH]3)cc2[nH]1)C(C)c1nc2ccc(-c3ncc[nH]3)cc2[nH]1. The van der Waals surface area contributed by atoms with Gasteiger partial charge in [0.05, 0.1) is 22.1 Å². The van der Waals surface area contributed by atoms with Gasteiger partial charge < -0.3 is 19.9 Å². The van der Waals surface area contributed by atoms with Crippen molar-refractivity contribution in [3.8, 4) is 22.8 Å². The van der Waals surface area contributed by atoms with Crippen molar-refractivity contribution in [2.24, 2.45) is 0 Å². The monoisotopic (exact) mass is 422 g/mol. The van der Waals surface area contributed by atoms with E-state index in [0.29, 0.717) is 0 Å². The quantitative estimate of drug-likeness (QED) is 0.308. The fraction of sp³-hybridized carbons (Fsp3) is 0.167. The molecule has 2 unspecified atom stereocenters. The predicted octanol–water partition coefficient (Wildman–Crippen LogP) is 5.13. The molecule has 0 fully saturated rings. The predicted molar refractivity (Wildman–Crippen MR) is 124 cm³/mol. The Kier molecular flexibility index (Phi) is 4.17. The average Bonchev–Trinajstić information content (AvgIpc) is 3.62. The lowest BCUT2D eigenvalue weighted by Crippen LogP contribution is -2.08. The minimum atomic E-state index is 0.152. The summed E-state index contributed by atoms with van der Waals surface area (Å²) in [6, 6.07) is 12.3. The number of fused-ring (bicyclic) bond motifs is 2. The molecule has 0 bridgehead atoms. The van der Waals surface area contributed by atoms with Crippen molar-refractivity contribution < 1.29 is 0 Å². The summed E-state index contributed by atoms with van der Waals surface area (Å²) in [5, 5.41) is 0. The minimum absolute atomic E-state index is 0.152. The van der Waals surface area contributed by atoms with Gasteiger partial charge >= 0.3 is 0 Å². The van der Waals surface area contributed by atoms with Crippen LogP contribution >= 0.6 is 0 Å². The van der Waals surface area contributed by atoms with Crippen molar-refractivity contribution in [1.29, 1.82) is 0 Å². The zero-order valence-corrected chi connectivity index (χ0v) is 17.7. The number of rotatable bonds is 5. The molecular formula is C24H22N8. The molecule has 0 radical (unpaired) electrons. The fourth-order valence-corrected chi connectivity index (χ4v) is 4.10. The second-order valence-corrected chi connectivity index (χ2v) is 8.16. The molecule has 0 spiro atoms. The molecule has 8 nitrogen and oxygen atoms in total. The highest BCUT2D eigenvalue weighted by molar-refractivity contribution is 5.81. The number of H-pyrrole nitrogens is 4. The maximum atomic E-state index is 4.84. The Balaban J connectivity index is 1.30. The van der Waals surface area contributed by atoms with Gasteiger partial charge in [0, 0.05) is 47.8 Å². The Labute approximate surface area is 183 Å². The second kappa shape index (κ2) is 7.19. The lowest BCUT2D eigenvalue weighted by Gasteiger charge is -2.15. The summed E-state index contributed by atoms with van der Waals surface area (Å²) >= 11 is 0. The zero-order valence-electron chi connectivity index (χ0n) is 17.7. The Morgan fingerprint density at radius 2 is 1.12 bits per heavy atom. The van der Waals surface area contributed by atoms with E-state index < -0.39 is 0 Å². The number of nitrogens with zero attached hydrogens (tertiary/aromatic N) is 4. The number of imidazole rings is 4. The Morgan fingerprint density at radius 1 is 0.656 bits per heavy atom. The number of aromatic nitrogens is 8. The first-order chi connectivity index (χ1) is 15.7. The Hall–Kier alpha value is -4.20. The fourth-order valence-electron chi connectivity index (χ4n) is 4.10. The van der Waals surface area contributed by atoms with Crippen LogP contribution in [0.4, 0.5) is 0 Å². The molecule has 0 aliphatic heterocycles. The third kappa shape index (κ3) is 3.08. The van der Waals surface area contributed by atoms with Gasteiger partial charge in [0.25, 0.3) is 0 Å². The summed E-state index contributed by atoms with van der Waals surface area (Å²) in [5.41, 5.74) is 5.96. The molecule has 4 heterocycles. The first-order valence-corrected chi connectivity index (χ1v) is 10.6. The van der Waals surface area contributed by atoms with Gasteiger partial charge in [-0.2, -0.15) is 0 Å². The summed E-state index contributed by atoms with van der Waals surface area (Å²) in [6.45, 7) is 4.36. The molecule has 0 aliphatic carbocycles. The van der Waals surface area contributed by atoms with Gasteiger partial charge in [-0.25, -0.2) is 19.9 Å². The summed E-state index contributed by atoms with van der Waals surface area (Å²) in [4.78, 5) is 31.7. The average molecular weight is 422 g/mol. The lowest BCUT2D eigenvalue weighted by atomic mass is 9.95. The van der Waals surface area contributed by atoms with Crippen LogP contribution in [0.2, 0.25) is 0 Å². The highest BCUT2D eigenvalue weighted by Gasteiger charge is 2.23. The van der Waals surface area contributed by atoms with Gasteiger partial charge in [-0.1, -0.05) is 13.8 Å². The van der Waals surface area contributed by atoms with Gasteiger partial charge in [0.1, 0.15) is 23.3 Å². The zero-order chi connectivity index (χ0) is 21.7. The summed E-state index contributed by atoms with van der Waals surface area (Å²) < 4.78 is 0. The van der Waals surface area contributed by atoms with Crippen LogP contribution in [-0.4, -0.2) is 39.9 Å². The van der Waals surface area contributed by atoms with E-state index in [1.807, 2.05) is 36.7 Å². The molecule has 4 aromatic heterocycles. The Morgan fingerprint density at radius 3 is 1.53 bits per heavy atom. The third-order valence-electron chi connectivity index (χ3n) is 6.16. The molecule has 0 saturated carbocycles. The van der Waals surface area contributed by atoms with E-state index in [4.69, 9.17) is 9.97 Å². The minimum Gasteiger partial charge on any atom is -0.345 e. The van der Waals surface area contributed by atoms with E-state index in [0.717, 1.165) is 56.5 Å². The van der Waals surface area contributed by atoms with E-state index in [9.17, 15) is 0 Å². The van der Waals surface area contributed by atoms with Crippen LogP contribution in [0.25, 0.3) is 44.8 Å². The summed E-state index contributed by atoms with van der Waals surface area (Å²) in [6.07, 6.45) is 7.17. The van der Waals surface area contributed by atoms with Crippen molar-refractivity contribution in [3.05, 3.63) is 72.8 Å². The van der Waals surface area contributed by atoms with Crippen molar-refractivity contribution in [3.63, 3.8) is 0 Å². The topological polar surface area (TPSA) is 115 Å². The molecule has 32 heavy (non-hydrogen) atoms. The van der Waals surface area contributed by atoms with Gasteiger partial charge in [-0.05, 0) is 36.4 Å². The Bertz CT molecular complexity index is 1390. The van der Waals surface area contributed by atoms with Gasteiger partial charge in [0.15, 0.2) is 0 Å². The largest absolute Gasteiger partial charge is 0.345 e. The van der Waals surface area contributed by atoms with Crippen LogP contribution in [0.5, 0.6) is 0 Å². The highest BCUT2D eigenvalue weighted by Crippen LogP contribution is 2.32. The molecular weight excluding hydrogens is 400 g/mol. The van der Waals surface area contributed by atoms with Gasteiger partial charge in [-0.15, -0.1) is 0 Å². The number of hydrogen-bond donors (Lipinski definition) is 4. The molecule has 0 saturated heterocycles. The van der Waals surface area contributed by atoms with Crippen molar-refractivity contribution in [2.75, 3.05) is 0 Å². The molecule has 6 aromatic rings. The van der Waals surface area contributed by atoms with Crippen LogP contribution in [-0.2, 0) is 0 Å². The molecule has 0 aliphatic rings. The molecule has 0 amide bonds. The van der Waals surface area contributed by atoms with Gasteiger partial charge in [0.2, 0.25) is 0 Å². The van der Waals surface area contributed by atoms with Crippen LogP contribution < -0.4 is 0 Å². The normalized spacial score (nSPS) is 13.7. The molecule has 6 rings (SSSR count). The van der Waals surface area contributed by atoms with Crippen LogP contribution in [0.3, 0.4) is 0 Å². The van der Waals surface area contributed by atoms with Gasteiger partial charge in [-0.3, -0.25) is 0 Å². The van der Waals surface area contributed by atoms with E-state index in [1.54, 1.807) is 12.4 Å². The maximum absolute atomic E-state index is 4.84. The number of nitrogens with one attached hydrogen (secondary N) is 4. The molecule has 8 heteroatoms. The number of aromatic amines is 4. The van der Waals surface area contributed by atoms with E-state index in [1.165, 1.54) is 0 Å². The van der Waals surface area contributed by atoms with E-state index >= 15 is 0 Å². The molecule has 158 valence electrons. The van der Waals surface area contributed by atoms with Crippen LogP contribution in [0, 0.1) is 0 Å². The second-order valence-electron chi connectivity index (χ2n) is 8.16. The van der Waals surface area contributed by atoms with Crippen molar-refractivity contribution in [1.82, 2.24) is 39.9 Å². The van der Waals surface area contributed by atoms with Crippen LogP contribution in [0.15, 0.2) is 61.2 Å². The lowest BCUT2D eigenvalue weighted by molar-refractivity contribution is 0.573.